The smallest absolute Gasteiger partial charge is 0.241 e. The molecule has 0 fully saturated rings. The summed E-state index contributed by atoms with van der Waals surface area (Å²) < 4.78 is 25.5. The zero-order valence-corrected chi connectivity index (χ0v) is 11.3. The third-order valence-corrected chi connectivity index (χ3v) is 3.74. The number of hydrogen-bond donors (Lipinski definition) is 3. The van der Waals surface area contributed by atoms with Gasteiger partial charge in [0.15, 0.2) is 0 Å². The number of carboxylic acid groups (broad SMARTS) is 1. The van der Waals surface area contributed by atoms with Gasteiger partial charge in [-0.25, -0.2) is 13.1 Å². The van der Waals surface area contributed by atoms with Crippen molar-refractivity contribution < 1.29 is 28.2 Å². The number of carbonyl (C=O) groups excluding carboxylic acids is 2. The van der Waals surface area contributed by atoms with E-state index in [1.54, 1.807) is 4.72 Å². The molecule has 1 aromatic carbocycles. The number of benzene rings is 1. The first-order valence-corrected chi connectivity index (χ1v) is 6.96. The normalized spacial score (nSPS) is 12.7. The van der Waals surface area contributed by atoms with Gasteiger partial charge in [0, 0.05) is 12.6 Å². The maximum absolute atomic E-state index is 11.8. The van der Waals surface area contributed by atoms with E-state index in [0.717, 1.165) is 0 Å². The Morgan fingerprint density at radius 2 is 1.85 bits per heavy atom. The number of aliphatic carboxylic acids is 1. The second-order valence-electron chi connectivity index (χ2n) is 3.88. The van der Waals surface area contributed by atoms with Crippen LogP contribution in [0.15, 0.2) is 29.2 Å². The predicted molar refractivity (Wildman–Crippen MR) is 66.9 cm³/mol. The molecule has 0 aromatic heterocycles. The van der Waals surface area contributed by atoms with Crippen molar-refractivity contribution in [2.75, 3.05) is 11.9 Å². The molecular weight excluding hydrogens is 288 g/mol. The van der Waals surface area contributed by atoms with Gasteiger partial charge in [0.05, 0.1) is 23.5 Å². The summed E-state index contributed by atoms with van der Waals surface area (Å²) in [4.78, 5) is 21.2. The number of sulfonamides is 1. The minimum absolute atomic E-state index is 0.202. The summed E-state index contributed by atoms with van der Waals surface area (Å²) in [6, 6.07) is 3.36. The number of amides is 1. The Morgan fingerprint density at radius 1 is 1.30 bits per heavy atom. The zero-order chi connectivity index (χ0) is 15.3. The van der Waals surface area contributed by atoms with Crippen LogP contribution in [-0.2, 0) is 19.6 Å². The highest BCUT2D eigenvalue weighted by atomic mass is 32.2. The van der Waals surface area contributed by atoms with Crippen molar-refractivity contribution in [2.45, 2.75) is 17.9 Å². The lowest BCUT2D eigenvalue weighted by Gasteiger charge is -2.17. The highest BCUT2D eigenvalue weighted by Gasteiger charge is 2.20. The van der Waals surface area contributed by atoms with Gasteiger partial charge in [0.25, 0.3) is 0 Å². The Balaban J connectivity index is 2.92. The SMILES string of the molecule is CC(=O)Nc1ccc(S(=O)(=O)N[C@H](CO)C(=O)[O-])cc1. The third kappa shape index (κ3) is 4.30. The number of carboxylic acids is 1. The summed E-state index contributed by atoms with van der Waals surface area (Å²) in [6.45, 7) is 0.378. The van der Waals surface area contributed by atoms with Crippen LogP contribution in [0, 0.1) is 0 Å². The van der Waals surface area contributed by atoms with E-state index in [4.69, 9.17) is 5.11 Å². The van der Waals surface area contributed by atoms with E-state index in [0.29, 0.717) is 5.69 Å². The number of nitrogens with one attached hydrogen (secondary N) is 2. The Morgan fingerprint density at radius 3 is 2.25 bits per heavy atom. The topological polar surface area (TPSA) is 136 Å². The summed E-state index contributed by atoms with van der Waals surface area (Å²) in [5.74, 6) is -2.04. The van der Waals surface area contributed by atoms with Crippen LogP contribution >= 0.6 is 0 Å². The lowest BCUT2D eigenvalue weighted by Crippen LogP contribution is -2.49. The summed E-state index contributed by atoms with van der Waals surface area (Å²) >= 11 is 0. The number of aliphatic hydroxyl groups is 1. The van der Waals surface area contributed by atoms with E-state index in [9.17, 15) is 23.1 Å². The number of carbonyl (C=O) groups is 2. The van der Waals surface area contributed by atoms with Crippen molar-refractivity contribution in [3.8, 4) is 0 Å². The molecule has 0 saturated heterocycles. The van der Waals surface area contributed by atoms with Gasteiger partial charge in [-0.3, -0.25) is 4.79 Å². The molecular formula is C11H13N2O6S-. The van der Waals surface area contributed by atoms with Crippen LogP contribution in [0.25, 0.3) is 0 Å². The number of hydrogen-bond acceptors (Lipinski definition) is 6. The molecule has 0 unspecified atom stereocenters. The van der Waals surface area contributed by atoms with E-state index in [1.165, 1.54) is 31.2 Å². The molecule has 1 aromatic rings. The quantitative estimate of drug-likeness (QED) is 0.558. The largest absolute Gasteiger partial charge is 0.548 e. The van der Waals surface area contributed by atoms with Gasteiger partial charge in [0.2, 0.25) is 15.9 Å². The summed E-state index contributed by atoms with van der Waals surface area (Å²) in [5.41, 5.74) is 0.398. The van der Waals surface area contributed by atoms with E-state index in [-0.39, 0.29) is 10.8 Å². The highest BCUT2D eigenvalue weighted by Crippen LogP contribution is 2.14. The van der Waals surface area contributed by atoms with Gasteiger partial charge in [-0.15, -0.1) is 0 Å². The van der Waals surface area contributed by atoms with Crippen molar-refractivity contribution in [3.05, 3.63) is 24.3 Å². The molecule has 0 radical (unpaired) electrons. The fraction of sp³-hybridized carbons (Fsp3) is 0.273. The van der Waals surface area contributed by atoms with Gasteiger partial charge in [-0.1, -0.05) is 0 Å². The molecule has 0 heterocycles. The molecule has 20 heavy (non-hydrogen) atoms. The predicted octanol–water partition coefficient (Wildman–Crippen LogP) is -1.97. The van der Waals surface area contributed by atoms with Gasteiger partial charge in [0.1, 0.15) is 0 Å². The number of aliphatic hydroxyl groups excluding tert-OH is 1. The van der Waals surface area contributed by atoms with Crippen LogP contribution < -0.4 is 15.1 Å². The van der Waals surface area contributed by atoms with Gasteiger partial charge in [-0.2, -0.15) is 0 Å². The Bertz CT molecular complexity index is 596. The molecule has 3 N–H and O–H groups in total. The number of anilines is 1. The van der Waals surface area contributed by atoms with Gasteiger partial charge in [-0.05, 0) is 24.3 Å². The fourth-order valence-electron chi connectivity index (χ4n) is 1.34. The molecule has 0 spiro atoms. The van der Waals surface area contributed by atoms with Crippen molar-refractivity contribution in [3.63, 3.8) is 0 Å². The highest BCUT2D eigenvalue weighted by molar-refractivity contribution is 7.89. The minimum Gasteiger partial charge on any atom is -0.548 e. The first-order valence-electron chi connectivity index (χ1n) is 5.48. The molecule has 9 heteroatoms. The molecule has 0 aliphatic carbocycles. The molecule has 0 aliphatic rings. The number of rotatable bonds is 6. The summed E-state index contributed by atoms with van der Waals surface area (Å²) in [7, 11) is -4.11. The Hall–Kier alpha value is -1.97. The van der Waals surface area contributed by atoms with E-state index < -0.39 is 28.6 Å². The van der Waals surface area contributed by atoms with Crippen LogP contribution in [0.4, 0.5) is 5.69 Å². The molecule has 0 aliphatic heterocycles. The maximum atomic E-state index is 11.8. The maximum Gasteiger partial charge on any atom is 0.241 e. The lowest BCUT2D eigenvalue weighted by molar-refractivity contribution is -0.308. The van der Waals surface area contributed by atoms with E-state index in [1.807, 2.05) is 0 Å². The average molecular weight is 301 g/mol. The molecule has 1 amide bonds. The summed E-state index contributed by atoms with van der Waals surface area (Å²) in [6.07, 6.45) is 0. The van der Waals surface area contributed by atoms with Crippen molar-refractivity contribution in [2.24, 2.45) is 0 Å². The summed E-state index contributed by atoms with van der Waals surface area (Å²) in [5, 5.41) is 21.8. The Labute approximate surface area is 115 Å². The molecule has 1 atom stereocenters. The molecule has 110 valence electrons. The average Bonchev–Trinajstić information content (AvgIpc) is 2.35. The standard InChI is InChI=1S/C11H14N2O6S/c1-7(15)12-8-2-4-9(5-3-8)20(18,19)13-10(6-14)11(16)17/h2-5,10,13-14H,6H2,1H3,(H,12,15)(H,16,17)/p-1/t10-/m1/s1. The fourth-order valence-corrected chi connectivity index (χ4v) is 2.51. The van der Waals surface area contributed by atoms with Gasteiger partial charge < -0.3 is 20.3 Å². The van der Waals surface area contributed by atoms with Crippen LogP contribution in [0.5, 0.6) is 0 Å². The van der Waals surface area contributed by atoms with Gasteiger partial charge >= 0.3 is 0 Å². The van der Waals surface area contributed by atoms with E-state index >= 15 is 0 Å². The van der Waals surface area contributed by atoms with Crippen LogP contribution in [0.1, 0.15) is 6.92 Å². The van der Waals surface area contributed by atoms with Crippen molar-refractivity contribution in [1.82, 2.24) is 4.72 Å². The first kappa shape index (κ1) is 16.1. The third-order valence-electron chi connectivity index (χ3n) is 2.25. The molecule has 8 nitrogen and oxygen atoms in total. The lowest BCUT2D eigenvalue weighted by atomic mass is 10.3. The van der Waals surface area contributed by atoms with Crippen LogP contribution in [-0.4, -0.2) is 38.0 Å². The minimum atomic E-state index is -4.11. The van der Waals surface area contributed by atoms with E-state index in [2.05, 4.69) is 5.32 Å². The van der Waals surface area contributed by atoms with Crippen LogP contribution in [0.3, 0.4) is 0 Å². The Kier molecular flexibility index (Phi) is 5.19. The molecule has 0 saturated carbocycles. The molecule has 0 bridgehead atoms. The molecule has 1 rings (SSSR count). The first-order chi connectivity index (χ1) is 9.26. The monoisotopic (exact) mass is 301 g/mol. The zero-order valence-electron chi connectivity index (χ0n) is 10.5. The van der Waals surface area contributed by atoms with Crippen molar-refractivity contribution in [1.29, 1.82) is 0 Å². The van der Waals surface area contributed by atoms with Crippen LogP contribution in [0.2, 0.25) is 0 Å². The second kappa shape index (κ2) is 6.46. The van der Waals surface area contributed by atoms with Crippen molar-refractivity contribution >= 4 is 27.6 Å². The second-order valence-corrected chi connectivity index (χ2v) is 5.60.